The Balaban J connectivity index is 0.000000550. The molecule has 1 aliphatic heterocycles. The number of hydrogen-bond acceptors (Lipinski definition) is 3. The van der Waals surface area contributed by atoms with Gasteiger partial charge in [-0.05, 0) is 5.41 Å². The molecule has 6 nitrogen and oxygen atoms in total. The van der Waals surface area contributed by atoms with Crippen molar-refractivity contribution in [1.82, 2.24) is 14.5 Å². The normalized spacial score (nSPS) is 23.8. The van der Waals surface area contributed by atoms with Crippen LogP contribution < -0.4 is 0 Å². The molecule has 0 aromatic carbocycles. The zero-order chi connectivity index (χ0) is 19.3. The molecule has 2 heterocycles. The van der Waals surface area contributed by atoms with Gasteiger partial charge in [-0.25, -0.2) is 9.78 Å². The van der Waals surface area contributed by atoms with Gasteiger partial charge in [0.2, 0.25) is 0 Å². The fourth-order valence-electron chi connectivity index (χ4n) is 3.51. The van der Waals surface area contributed by atoms with Crippen molar-refractivity contribution in [3.05, 3.63) is 18.2 Å². The van der Waals surface area contributed by atoms with Gasteiger partial charge in [0, 0.05) is 44.9 Å². The summed E-state index contributed by atoms with van der Waals surface area (Å²) in [6.45, 7) is 8.93. The van der Waals surface area contributed by atoms with E-state index in [0.717, 1.165) is 0 Å². The summed E-state index contributed by atoms with van der Waals surface area (Å²) in [4.78, 5) is 16.9. The number of nitrogens with zero attached hydrogens (tertiary/aromatic N) is 3. The van der Waals surface area contributed by atoms with Crippen molar-refractivity contribution >= 4 is 23.8 Å². The van der Waals surface area contributed by atoms with Crippen LogP contribution in [0.4, 0.5) is 4.79 Å². The summed E-state index contributed by atoms with van der Waals surface area (Å²) < 4.78 is 1.81. The number of unbranched alkanes of at least 4 members (excludes halogenated alkanes) is 1. The SMILES string of the molecule is Cn1ccnc1C1(O)CCN(C(=O)O)CC1C(C)(C)C.[Li][CH2]CCC. The van der Waals surface area contributed by atoms with Crippen LogP contribution in [0.5, 0.6) is 0 Å². The number of rotatable bonds is 3. The van der Waals surface area contributed by atoms with Gasteiger partial charge in [-0.1, -0.05) is 20.8 Å². The van der Waals surface area contributed by atoms with E-state index >= 15 is 0 Å². The van der Waals surface area contributed by atoms with Crippen LogP contribution in [-0.4, -0.2) is 61.6 Å². The second-order valence-electron chi connectivity index (χ2n) is 8.04. The van der Waals surface area contributed by atoms with Gasteiger partial charge in [0.15, 0.2) is 0 Å². The van der Waals surface area contributed by atoms with E-state index in [0.29, 0.717) is 25.3 Å². The van der Waals surface area contributed by atoms with Gasteiger partial charge < -0.3 is 19.7 Å². The molecule has 1 aliphatic rings. The number of carbonyl (C=O) groups is 1. The maximum atomic E-state index is 11.2. The van der Waals surface area contributed by atoms with E-state index in [1.807, 2.05) is 32.4 Å². The molecule has 2 rings (SSSR count). The number of piperidine rings is 1. The number of aryl methyl sites for hydroxylation is 1. The molecule has 2 atom stereocenters. The van der Waals surface area contributed by atoms with Crippen molar-refractivity contribution in [3.8, 4) is 0 Å². The third-order valence-electron chi connectivity index (χ3n) is 4.97. The van der Waals surface area contributed by atoms with Gasteiger partial charge in [0.1, 0.15) is 11.4 Å². The van der Waals surface area contributed by atoms with Crippen LogP contribution in [0.3, 0.4) is 0 Å². The van der Waals surface area contributed by atoms with Crippen LogP contribution in [0, 0.1) is 11.3 Å². The Labute approximate surface area is 160 Å². The van der Waals surface area contributed by atoms with E-state index in [1.54, 1.807) is 12.4 Å². The van der Waals surface area contributed by atoms with Crippen molar-refractivity contribution in [2.75, 3.05) is 13.1 Å². The molecule has 0 spiro atoms. The third-order valence-corrected chi connectivity index (χ3v) is 4.97. The summed E-state index contributed by atoms with van der Waals surface area (Å²) in [7, 11) is 1.85. The Kier molecular flexibility index (Phi) is 8.05. The first kappa shape index (κ1) is 22.1. The summed E-state index contributed by atoms with van der Waals surface area (Å²) in [5.41, 5.74) is -1.32. The van der Waals surface area contributed by atoms with Gasteiger partial charge in [0.05, 0.1) is 0 Å². The first-order valence-corrected chi connectivity index (χ1v) is 9.25. The van der Waals surface area contributed by atoms with E-state index in [4.69, 9.17) is 0 Å². The number of aliphatic hydroxyl groups is 1. The Morgan fingerprint density at radius 2 is 2.12 bits per heavy atom. The molecule has 2 N–H and O–H groups in total. The second-order valence-corrected chi connectivity index (χ2v) is 8.04. The van der Waals surface area contributed by atoms with Crippen LogP contribution in [-0.2, 0) is 12.6 Å². The number of aromatic nitrogens is 2. The summed E-state index contributed by atoms with van der Waals surface area (Å²) >= 11 is 2.21. The molecular formula is C18H32LiN3O3. The molecule has 1 aromatic heterocycles. The molecule has 0 bridgehead atoms. The third kappa shape index (κ3) is 5.50. The van der Waals surface area contributed by atoms with Crippen LogP contribution >= 0.6 is 0 Å². The summed E-state index contributed by atoms with van der Waals surface area (Å²) in [6, 6.07) is 0. The minimum atomic E-state index is -1.09. The number of imidazole rings is 1. The number of amides is 1. The van der Waals surface area contributed by atoms with Crippen molar-refractivity contribution in [2.24, 2.45) is 18.4 Å². The van der Waals surface area contributed by atoms with E-state index in [1.165, 1.54) is 22.8 Å². The molecule has 0 radical (unpaired) electrons. The van der Waals surface area contributed by atoms with Crippen molar-refractivity contribution in [3.63, 3.8) is 0 Å². The quantitative estimate of drug-likeness (QED) is 0.826. The van der Waals surface area contributed by atoms with Crippen LogP contribution in [0.2, 0.25) is 5.09 Å². The standard InChI is InChI=1S/C14H23N3O3.C4H9.Li/c1-13(2,3)10-9-17(12(18)19)7-5-14(10,20)11-15-6-8-16(11)4;1-3-4-2;/h6,8,10,20H,5,7,9H2,1-4H3,(H,18,19);1,3-4H2,2H3;. The fourth-order valence-corrected chi connectivity index (χ4v) is 3.51. The van der Waals surface area contributed by atoms with Crippen LogP contribution in [0.15, 0.2) is 12.4 Å². The van der Waals surface area contributed by atoms with Crippen molar-refractivity contribution < 1.29 is 15.0 Å². The van der Waals surface area contributed by atoms with E-state index in [2.05, 4.69) is 29.6 Å². The van der Waals surface area contributed by atoms with Crippen LogP contribution in [0.25, 0.3) is 0 Å². The molecule has 7 heteroatoms. The molecular weight excluding hydrogens is 313 g/mol. The molecule has 1 fully saturated rings. The summed E-state index contributed by atoms with van der Waals surface area (Å²) in [5.74, 6) is 0.406. The summed E-state index contributed by atoms with van der Waals surface area (Å²) in [5, 5.41) is 21.7. The van der Waals surface area contributed by atoms with E-state index in [-0.39, 0.29) is 11.3 Å². The first-order valence-electron chi connectivity index (χ1n) is 9.25. The average molecular weight is 345 g/mol. The molecule has 138 valence electrons. The molecule has 0 aliphatic carbocycles. The van der Waals surface area contributed by atoms with Crippen LogP contribution in [0.1, 0.15) is 52.8 Å². The minimum absolute atomic E-state index is 0.207. The van der Waals surface area contributed by atoms with Crippen molar-refractivity contribution in [1.29, 1.82) is 0 Å². The van der Waals surface area contributed by atoms with Gasteiger partial charge in [-0.2, -0.15) is 0 Å². The Morgan fingerprint density at radius 1 is 1.48 bits per heavy atom. The predicted molar refractivity (Wildman–Crippen MR) is 99.7 cm³/mol. The van der Waals surface area contributed by atoms with Gasteiger partial charge in [-0.3, -0.25) is 0 Å². The van der Waals surface area contributed by atoms with Crippen molar-refractivity contribution in [2.45, 2.75) is 57.7 Å². The van der Waals surface area contributed by atoms with Gasteiger partial charge in [-0.15, -0.1) is 0 Å². The fraction of sp³-hybridized carbons (Fsp3) is 0.778. The van der Waals surface area contributed by atoms with E-state index < -0.39 is 11.7 Å². The molecule has 1 aromatic rings. The Morgan fingerprint density at radius 3 is 2.48 bits per heavy atom. The average Bonchev–Trinajstić information content (AvgIpc) is 2.94. The van der Waals surface area contributed by atoms with Gasteiger partial charge in [0.25, 0.3) is 0 Å². The predicted octanol–water partition coefficient (Wildman–Crippen LogP) is 3.03. The second kappa shape index (κ2) is 9.11. The summed E-state index contributed by atoms with van der Waals surface area (Å²) in [6.07, 6.45) is 5.64. The monoisotopic (exact) mass is 345 g/mol. The number of carboxylic acid groups (broad SMARTS) is 1. The molecule has 1 amide bonds. The molecule has 2 unspecified atom stereocenters. The zero-order valence-electron chi connectivity index (χ0n) is 16.6. The molecule has 25 heavy (non-hydrogen) atoms. The topological polar surface area (TPSA) is 78.6 Å². The zero-order valence-corrected chi connectivity index (χ0v) is 16.6. The maximum absolute atomic E-state index is 11.2. The molecule has 1 saturated heterocycles. The van der Waals surface area contributed by atoms with E-state index in [9.17, 15) is 15.0 Å². The van der Waals surface area contributed by atoms with Gasteiger partial charge >= 0.3 is 48.7 Å². The number of hydrogen-bond donors (Lipinski definition) is 2. The molecule has 0 saturated carbocycles. The first-order chi connectivity index (χ1) is 11.6. The number of likely N-dealkylation sites (tertiary alicyclic amines) is 1. The Bertz CT molecular complexity index is 554. The Hall–Kier alpha value is -0.963.